The number of hydrogen-bond donors (Lipinski definition) is 4. The molecule has 7 rings (SSSR count). The second kappa shape index (κ2) is 9.81. The lowest BCUT2D eigenvalue weighted by molar-refractivity contribution is 0.0686. The standard InChI is InChI=1S/C35H22N2O8/c1-17-10-22(36-28-6-2-18(32(38)39)12-24(28)25-13-19(33(40)41)3-7-29(25)36)16-23(11-17)37-30-8-4-20(34(42)43)14-26(30)27-15-21(35(44)45)5-9-31(27)37/h2-16H,1H3,(H,38,39)(H,40,41)(H,42,43)(H,44,45). The summed E-state index contributed by atoms with van der Waals surface area (Å²) in [5.41, 5.74) is 5.28. The Hall–Kier alpha value is -6.42. The van der Waals surface area contributed by atoms with Crippen LogP contribution in [-0.4, -0.2) is 53.4 Å². The topological polar surface area (TPSA) is 159 Å². The van der Waals surface area contributed by atoms with Gasteiger partial charge in [-0.05, 0) is 103 Å². The monoisotopic (exact) mass is 598 g/mol. The number of aromatic carboxylic acids is 4. The van der Waals surface area contributed by atoms with E-state index in [0.717, 1.165) is 16.9 Å². The minimum absolute atomic E-state index is 0.0685. The summed E-state index contributed by atoms with van der Waals surface area (Å²) < 4.78 is 3.88. The number of benzene rings is 5. The molecule has 2 aromatic heterocycles. The van der Waals surface area contributed by atoms with Gasteiger partial charge in [-0.15, -0.1) is 0 Å². The van der Waals surface area contributed by atoms with Crippen molar-refractivity contribution in [2.24, 2.45) is 0 Å². The van der Waals surface area contributed by atoms with Crippen LogP contribution < -0.4 is 0 Å². The smallest absolute Gasteiger partial charge is 0.335 e. The lowest BCUT2D eigenvalue weighted by atomic mass is 10.1. The first-order valence-corrected chi connectivity index (χ1v) is 13.7. The summed E-state index contributed by atoms with van der Waals surface area (Å²) in [6.07, 6.45) is 0. The minimum atomic E-state index is -1.10. The molecule has 10 heteroatoms. The fraction of sp³-hybridized carbons (Fsp3) is 0.0286. The van der Waals surface area contributed by atoms with E-state index in [-0.39, 0.29) is 22.3 Å². The molecular formula is C35H22N2O8. The van der Waals surface area contributed by atoms with E-state index >= 15 is 0 Å². The molecule has 5 aromatic carbocycles. The predicted molar refractivity (Wildman–Crippen MR) is 168 cm³/mol. The zero-order valence-corrected chi connectivity index (χ0v) is 23.5. The molecule has 0 aliphatic heterocycles. The molecule has 4 N–H and O–H groups in total. The zero-order valence-electron chi connectivity index (χ0n) is 23.5. The summed E-state index contributed by atoms with van der Waals surface area (Å²) in [4.78, 5) is 47.3. The van der Waals surface area contributed by atoms with E-state index in [0.29, 0.717) is 43.6 Å². The Morgan fingerprint density at radius 2 is 0.689 bits per heavy atom. The third kappa shape index (κ3) is 4.27. The van der Waals surface area contributed by atoms with Crippen LogP contribution in [0.4, 0.5) is 0 Å². The molecule has 10 nitrogen and oxygen atoms in total. The van der Waals surface area contributed by atoms with Crippen LogP contribution in [0.1, 0.15) is 47.0 Å². The van der Waals surface area contributed by atoms with E-state index in [2.05, 4.69) is 0 Å². The molecule has 0 saturated carbocycles. The van der Waals surface area contributed by atoms with E-state index in [4.69, 9.17) is 0 Å². The van der Waals surface area contributed by atoms with E-state index in [1.165, 1.54) is 48.5 Å². The number of rotatable bonds is 6. The van der Waals surface area contributed by atoms with Crippen molar-refractivity contribution in [1.29, 1.82) is 0 Å². The number of nitrogens with zero attached hydrogens (tertiary/aromatic N) is 2. The zero-order chi connectivity index (χ0) is 31.7. The Labute approximate surface area is 253 Å². The molecule has 0 radical (unpaired) electrons. The van der Waals surface area contributed by atoms with Crippen molar-refractivity contribution in [3.63, 3.8) is 0 Å². The van der Waals surface area contributed by atoms with Crippen molar-refractivity contribution >= 4 is 67.5 Å². The maximum Gasteiger partial charge on any atom is 0.335 e. The highest BCUT2D eigenvalue weighted by Crippen LogP contribution is 2.37. The Morgan fingerprint density at radius 3 is 0.933 bits per heavy atom. The van der Waals surface area contributed by atoms with Gasteiger partial charge < -0.3 is 29.6 Å². The lowest BCUT2D eigenvalue weighted by Crippen LogP contribution is -2.01. The van der Waals surface area contributed by atoms with E-state index in [9.17, 15) is 39.6 Å². The lowest BCUT2D eigenvalue weighted by Gasteiger charge is -2.14. The fourth-order valence-corrected chi connectivity index (χ4v) is 6.14. The van der Waals surface area contributed by atoms with Crippen LogP contribution in [0.5, 0.6) is 0 Å². The Balaban J connectivity index is 1.54. The van der Waals surface area contributed by atoms with Gasteiger partial charge in [-0.25, -0.2) is 19.2 Å². The molecule has 0 aliphatic carbocycles. The largest absolute Gasteiger partial charge is 0.478 e. The normalized spacial score (nSPS) is 11.5. The molecule has 45 heavy (non-hydrogen) atoms. The minimum Gasteiger partial charge on any atom is -0.478 e. The molecule has 0 spiro atoms. The molecule has 0 unspecified atom stereocenters. The van der Waals surface area contributed by atoms with E-state index in [1.807, 2.05) is 34.3 Å². The van der Waals surface area contributed by atoms with Crippen LogP contribution in [0.15, 0.2) is 91.0 Å². The van der Waals surface area contributed by atoms with Crippen LogP contribution in [0, 0.1) is 6.92 Å². The van der Waals surface area contributed by atoms with Crippen molar-refractivity contribution in [3.8, 4) is 11.4 Å². The van der Waals surface area contributed by atoms with E-state index in [1.54, 1.807) is 24.3 Å². The average molecular weight is 599 g/mol. The first-order chi connectivity index (χ1) is 21.5. The quantitative estimate of drug-likeness (QED) is 0.160. The molecule has 2 heterocycles. The SMILES string of the molecule is Cc1cc(-n2c3ccc(C(=O)O)cc3c3cc(C(=O)O)ccc32)cc(-n2c3ccc(C(=O)O)cc3c3cc(C(=O)O)ccc32)c1. The first kappa shape index (κ1) is 27.4. The van der Waals surface area contributed by atoms with Crippen molar-refractivity contribution in [2.45, 2.75) is 6.92 Å². The third-order valence-corrected chi connectivity index (χ3v) is 8.08. The molecule has 0 saturated heterocycles. The molecule has 0 atom stereocenters. The highest BCUT2D eigenvalue weighted by molar-refractivity contribution is 6.14. The van der Waals surface area contributed by atoms with Gasteiger partial charge in [0.25, 0.3) is 0 Å². The summed E-state index contributed by atoms with van der Waals surface area (Å²) in [7, 11) is 0. The first-order valence-electron chi connectivity index (χ1n) is 13.7. The van der Waals surface area contributed by atoms with Crippen molar-refractivity contribution in [3.05, 3.63) is 119 Å². The van der Waals surface area contributed by atoms with Crippen LogP contribution in [-0.2, 0) is 0 Å². The molecule has 0 bridgehead atoms. The summed E-state index contributed by atoms with van der Waals surface area (Å²) in [5, 5.41) is 41.0. The van der Waals surface area contributed by atoms with Crippen molar-refractivity contribution in [1.82, 2.24) is 9.13 Å². The number of carbonyl (C=O) groups is 4. The molecule has 0 fully saturated rings. The number of carboxylic acids is 4. The highest BCUT2D eigenvalue weighted by atomic mass is 16.4. The Morgan fingerprint density at radius 1 is 0.422 bits per heavy atom. The Bertz CT molecular complexity index is 2160. The van der Waals surface area contributed by atoms with E-state index < -0.39 is 23.9 Å². The second-order valence-corrected chi connectivity index (χ2v) is 10.8. The van der Waals surface area contributed by atoms with Gasteiger partial charge in [0.1, 0.15) is 0 Å². The van der Waals surface area contributed by atoms with Gasteiger partial charge in [-0.3, -0.25) is 0 Å². The Kier molecular flexibility index (Phi) is 5.98. The van der Waals surface area contributed by atoms with Gasteiger partial charge in [-0.2, -0.15) is 0 Å². The van der Waals surface area contributed by atoms with Gasteiger partial charge in [-0.1, -0.05) is 0 Å². The maximum absolute atomic E-state index is 11.8. The number of fused-ring (bicyclic) bond motifs is 6. The molecule has 0 aliphatic rings. The number of aryl methyl sites for hydroxylation is 1. The van der Waals surface area contributed by atoms with Crippen LogP contribution in [0.3, 0.4) is 0 Å². The van der Waals surface area contributed by atoms with Crippen LogP contribution >= 0.6 is 0 Å². The fourth-order valence-electron chi connectivity index (χ4n) is 6.14. The third-order valence-electron chi connectivity index (χ3n) is 8.08. The molecule has 0 amide bonds. The van der Waals surface area contributed by atoms with Gasteiger partial charge in [0.15, 0.2) is 0 Å². The number of carboxylic acid groups (broad SMARTS) is 4. The van der Waals surface area contributed by atoms with Gasteiger partial charge in [0.2, 0.25) is 0 Å². The summed E-state index contributed by atoms with van der Waals surface area (Å²) in [5.74, 6) is -4.41. The number of aromatic nitrogens is 2. The maximum atomic E-state index is 11.8. The van der Waals surface area contributed by atoms with Gasteiger partial charge in [0, 0.05) is 32.9 Å². The summed E-state index contributed by atoms with van der Waals surface area (Å²) in [6.45, 7) is 1.92. The molecule has 220 valence electrons. The van der Waals surface area contributed by atoms with Crippen LogP contribution in [0.25, 0.3) is 55.0 Å². The number of hydrogen-bond acceptors (Lipinski definition) is 4. The average Bonchev–Trinajstić information content (AvgIpc) is 3.51. The van der Waals surface area contributed by atoms with Crippen molar-refractivity contribution in [2.75, 3.05) is 0 Å². The van der Waals surface area contributed by atoms with Gasteiger partial charge >= 0.3 is 23.9 Å². The molecule has 7 aromatic rings. The van der Waals surface area contributed by atoms with Crippen molar-refractivity contribution < 1.29 is 39.6 Å². The molecular weight excluding hydrogens is 576 g/mol. The van der Waals surface area contributed by atoms with Gasteiger partial charge in [0.05, 0.1) is 44.3 Å². The van der Waals surface area contributed by atoms with Crippen LogP contribution in [0.2, 0.25) is 0 Å². The highest BCUT2D eigenvalue weighted by Gasteiger charge is 2.20. The summed E-state index contributed by atoms with van der Waals surface area (Å²) in [6, 6.07) is 24.8. The predicted octanol–water partition coefficient (Wildman–Crippen LogP) is 6.98. The summed E-state index contributed by atoms with van der Waals surface area (Å²) >= 11 is 0. The second-order valence-electron chi connectivity index (χ2n) is 10.8.